The molecule has 0 spiro atoms. The van der Waals surface area contributed by atoms with Crippen LogP contribution in [0.2, 0.25) is 0 Å². The molecule has 274 valence electrons. The summed E-state index contributed by atoms with van der Waals surface area (Å²) in [4.78, 5) is 75.7. The Bertz CT molecular complexity index is 2070. The molecule has 0 saturated heterocycles. The fraction of sp³-hybridized carbons (Fsp3) is 0.150. The molecule has 2 atom stereocenters. The van der Waals surface area contributed by atoms with Gasteiger partial charge in [-0.1, -0.05) is 60.1 Å². The highest BCUT2D eigenvalue weighted by Crippen LogP contribution is 2.07. The maximum Gasteiger partial charge on any atom is 0.267 e. The number of carbonyl (C=O) groups excluding carboxylic acids is 6. The van der Waals surface area contributed by atoms with E-state index in [1.165, 1.54) is 29.7 Å². The monoisotopic (exact) mass is 727 g/mol. The van der Waals surface area contributed by atoms with Crippen LogP contribution in [0.25, 0.3) is 0 Å². The predicted octanol–water partition coefficient (Wildman–Crippen LogP) is 0.196. The van der Waals surface area contributed by atoms with Gasteiger partial charge in [-0.25, -0.2) is 5.48 Å². The third kappa shape index (κ3) is 12.8. The van der Waals surface area contributed by atoms with Gasteiger partial charge in [-0.15, -0.1) is 0 Å². The van der Waals surface area contributed by atoms with Crippen LogP contribution in [0.15, 0.2) is 109 Å². The van der Waals surface area contributed by atoms with Crippen molar-refractivity contribution in [1.29, 1.82) is 0 Å². The van der Waals surface area contributed by atoms with Gasteiger partial charge in [0, 0.05) is 46.5 Å². The lowest BCUT2D eigenvalue weighted by atomic mass is 10.1. The topological polar surface area (TPSA) is 221 Å². The van der Waals surface area contributed by atoms with Crippen molar-refractivity contribution in [2.75, 3.05) is 26.2 Å². The van der Waals surface area contributed by atoms with Crippen molar-refractivity contribution in [2.24, 2.45) is 5.73 Å². The molecule has 54 heavy (non-hydrogen) atoms. The zero-order valence-electron chi connectivity index (χ0n) is 28.8. The second kappa shape index (κ2) is 20.6. The summed E-state index contributed by atoms with van der Waals surface area (Å²) in [6.45, 7) is -1.74. The molecule has 1 unspecified atom stereocenters. The number of rotatable bonds is 13. The first-order chi connectivity index (χ1) is 26.1. The largest absolute Gasteiger partial charge is 0.352 e. The molecule has 0 aromatic heterocycles. The van der Waals surface area contributed by atoms with Crippen LogP contribution in [0.4, 0.5) is 0 Å². The summed E-state index contributed by atoms with van der Waals surface area (Å²) in [5, 5.41) is 21.4. The lowest BCUT2D eigenvalue weighted by Gasteiger charge is -2.20. The molecule has 0 aliphatic rings. The molecule has 4 aromatic rings. The van der Waals surface area contributed by atoms with Crippen molar-refractivity contribution >= 4 is 35.4 Å². The van der Waals surface area contributed by atoms with Gasteiger partial charge in [-0.2, -0.15) is 0 Å². The fourth-order valence-corrected chi connectivity index (χ4v) is 4.58. The summed E-state index contributed by atoms with van der Waals surface area (Å²) in [5.74, 6) is 7.57. The summed E-state index contributed by atoms with van der Waals surface area (Å²) < 4.78 is 0. The van der Waals surface area contributed by atoms with Crippen LogP contribution in [-0.4, -0.2) is 78.9 Å². The van der Waals surface area contributed by atoms with Crippen LogP contribution in [0.5, 0.6) is 0 Å². The number of hydroxylamine groups is 1. The molecule has 0 aliphatic heterocycles. The van der Waals surface area contributed by atoms with Crippen molar-refractivity contribution in [1.82, 2.24) is 32.1 Å². The Hall–Kier alpha value is -7.26. The molecule has 4 rings (SSSR count). The van der Waals surface area contributed by atoms with E-state index >= 15 is 0 Å². The molecular formula is C40H37N7O7. The minimum atomic E-state index is -1.39. The van der Waals surface area contributed by atoms with E-state index in [-0.39, 0.29) is 24.2 Å². The number of nitrogens with two attached hydrogens (primary N) is 1. The SMILES string of the molecule is NCC(=O)NC[C@H](NC(=O)c1ccc(C#Cc2ccccc2)cc1)C(=O)NCC(=O)NCC(NC(=O)c1ccc(C#Cc2ccccc2)cc1)C(=O)NO. The molecule has 6 amide bonds. The molecule has 14 nitrogen and oxygen atoms in total. The van der Waals surface area contributed by atoms with E-state index < -0.39 is 60.6 Å². The van der Waals surface area contributed by atoms with Crippen LogP contribution in [0.3, 0.4) is 0 Å². The van der Waals surface area contributed by atoms with Gasteiger partial charge in [0.05, 0.1) is 13.1 Å². The average Bonchev–Trinajstić information content (AvgIpc) is 3.21. The second-order valence-electron chi connectivity index (χ2n) is 11.4. The van der Waals surface area contributed by atoms with E-state index in [2.05, 4.69) is 50.3 Å². The van der Waals surface area contributed by atoms with Gasteiger partial charge in [-0.05, 0) is 72.8 Å². The van der Waals surface area contributed by atoms with Gasteiger partial charge < -0.3 is 32.3 Å². The predicted molar refractivity (Wildman–Crippen MR) is 198 cm³/mol. The van der Waals surface area contributed by atoms with Crippen molar-refractivity contribution in [2.45, 2.75) is 12.1 Å². The van der Waals surface area contributed by atoms with Gasteiger partial charge >= 0.3 is 0 Å². The maximum absolute atomic E-state index is 13.1. The molecule has 0 aliphatic carbocycles. The lowest BCUT2D eigenvalue weighted by Crippen LogP contribution is -2.55. The highest BCUT2D eigenvalue weighted by molar-refractivity contribution is 5.99. The zero-order valence-corrected chi connectivity index (χ0v) is 28.8. The summed E-state index contributed by atoms with van der Waals surface area (Å²) in [7, 11) is 0. The second-order valence-corrected chi connectivity index (χ2v) is 11.4. The maximum atomic E-state index is 13.1. The third-order valence-electron chi connectivity index (χ3n) is 7.51. The van der Waals surface area contributed by atoms with Gasteiger partial charge in [0.15, 0.2) is 0 Å². The Morgan fingerprint density at radius 1 is 0.519 bits per heavy atom. The number of nitrogens with one attached hydrogen (secondary N) is 6. The van der Waals surface area contributed by atoms with Gasteiger partial charge in [-0.3, -0.25) is 34.0 Å². The average molecular weight is 728 g/mol. The number of hydrogen-bond donors (Lipinski definition) is 8. The van der Waals surface area contributed by atoms with E-state index in [9.17, 15) is 34.0 Å². The van der Waals surface area contributed by atoms with E-state index in [1.54, 1.807) is 24.3 Å². The van der Waals surface area contributed by atoms with E-state index in [0.717, 1.165) is 11.1 Å². The van der Waals surface area contributed by atoms with E-state index in [4.69, 9.17) is 5.73 Å². The van der Waals surface area contributed by atoms with E-state index in [0.29, 0.717) is 11.1 Å². The Morgan fingerprint density at radius 2 is 0.907 bits per heavy atom. The van der Waals surface area contributed by atoms with Crippen molar-refractivity contribution in [3.63, 3.8) is 0 Å². The summed E-state index contributed by atoms with van der Waals surface area (Å²) in [6.07, 6.45) is 0. The first kappa shape index (κ1) is 39.5. The van der Waals surface area contributed by atoms with Crippen LogP contribution in [0.1, 0.15) is 43.0 Å². The number of benzene rings is 4. The van der Waals surface area contributed by atoms with Crippen molar-refractivity contribution < 1.29 is 34.0 Å². The third-order valence-corrected chi connectivity index (χ3v) is 7.51. The smallest absolute Gasteiger partial charge is 0.267 e. The quantitative estimate of drug-likeness (QED) is 0.0539. The molecule has 14 heteroatoms. The van der Waals surface area contributed by atoms with Crippen LogP contribution < -0.4 is 37.8 Å². The standard InChI is InChI=1S/C40H37N7O7/c41-23-35(48)42-24-33(45-37(50)31-19-15-29(16-20-31)13-11-27-7-3-1-4-8-27)39(52)44-26-36(49)43-25-34(40(53)47-54)46-38(51)32-21-17-30(18-22-32)14-12-28-9-5-2-6-10-28/h1-10,15-22,33-34,54H,23-26,41H2,(H,42,48)(H,43,49)(H,44,52)(H,45,50)(H,46,51)(H,47,53)/t33-,34?/m0/s1. The molecule has 4 aromatic carbocycles. The normalized spacial score (nSPS) is 11.1. The van der Waals surface area contributed by atoms with Crippen LogP contribution in [-0.2, 0) is 19.2 Å². The highest BCUT2D eigenvalue weighted by atomic mass is 16.5. The number of amides is 6. The minimum Gasteiger partial charge on any atom is -0.352 e. The molecule has 0 radical (unpaired) electrons. The van der Waals surface area contributed by atoms with Crippen LogP contribution >= 0.6 is 0 Å². The molecule has 0 saturated carbocycles. The number of carbonyl (C=O) groups is 6. The Kier molecular flexibility index (Phi) is 15.0. The van der Waals surface area contributed by atoms with E-state index in [1.807, 2.05) is 60.7 Å². The fourth-order valence-electron chi connectivity index (χ4n) is 4.58. The molecule has 0 bridgehead atoms. The zero-order chi connectivity index (χ0) is 38.7. The summed E-state index contributed by atoms with van der Waals surface area (Å²) >= 11 is 0. The Labute approximate surface area is 311 Å². The minimum absolute atomic E-state index is 0.192. The van der Waals surface area contributed by atoms with Gasteiger partial charge in [0.2, 0.25) is 17.7 Å². The van der Waals surface area contributed by atoms with Gasteiger partial charge in [0.25, 0.3) is 17.7 Å². The molecular weight excluding hydrogens is 690 g/mol. The number of hydrogen-bond acceptors (Lipinski definition) is 8. The Morgan fingerprint density at radius 3 is 1.31 bits per heavy atom. The lowest BCUT2D eigenvalue weighted by molar-refractivity contribution is -0.131. The van der Waals surface area contributed by atoms with Crippen molar-refractivity contribution in [3.05, 3.63) is 143 Å². The van der Waals surface area contributed by atoms with Crippen molar-refractivity contribution in [3.8, 4) is 23.7 Å². The molecule has 0 heterocycles. The summed E-state index contributed by atoms with van der Waals surface area (Å²) in [5.41, 5.74) is 10.2. The Balaban J connectivity index is 1.30. The van der Waals surface area contributed by atoms with Gasteiger partial charge in [0.1, 0.15) is 12.1 Å². The van der Waals surface area contributed by atoms with Crippen LogP contribution in [0, 0.1) is 23.7 Å². The highest BCUT2D eigenvalue weighted by Gasteiger charge is 2.24. The molecule has 0 fully saturated rings. The summed E-state index contributed by atoms with van der Waals surface area (Å²) in [6, 6.07) is 28.6. The molecule has 9 N–H and O–H groups in total. The first-order valence-corrected chi connectivity index (χ1v) is 16.6. The first-order valence-electron chi connectivity index (χ1n) is 16.6.